The van der Waals surface area contributed by atoms with Gasteiger partial charge in [-0.1, -0.05) is 6.42 Å². The Balaban J connectivity index is 1.91. The number of methoxy groups -OCH3 is 2. The predicted octanol–water partition coefficient (Wildman–Crippen LogP) is 2.36. The number of fused-ring (bicyclic) bond motifs is 1. The Bertz CT molecular complexity index is 517. The third-order valence-electron chi connectivity index (χ3n) is 4.47. The van der Waals surface area contributed by atoms with Crippen molar-refractivity contribution in [1.82, 2.24) is 0 Å². The summed E-state index contributed by atoms with van der Waals surface area (Å²) in [7, 11) is 2.97. The minimum atomic E-state index is -0.392. The SMILES string of the molecule is COC(=O)c1sc(N2CC3CCCC3C2)c(OC)c1N. The van der Waals surface area contributed by atoms with E-state index in [4.69, 9.17) is 15.2 Å². The van der Waals surface area contributed by atoms with Crippen molar-refractivity contribution in [3.63, 3.8) is 0 Å². The molecule has 2 unspecified atom stereocenters. The van der Waals surface area contributed by atoms with Crippen LogP contribution in [0.1, 0.15) is 28.9 Å². The maximum atomic E-state index is 11.8. The Morgan fingerprint density at radius 3 is 2.50 bits per heavy atom. The first-order chi connectivity index (χ1) is 9.65. The van der Waals surface area contributed by atoms with Crippen molar-refractivity contribution < 1.29 is 14.3 Å². The highest BCUT2D eigenvalue weighted by molar-refractivity contribution is 7.19. The summed E-state index contributed by atoms with van der Waals surface area (Å²) in [4.78, 5) is 14.5. The Labute approximate surface area is 122 Å². The Hall–Kier alpha value is -1.43. The zero-order valence-electron chi connectivity index (χ0n) is 11.8. The lowest BCUT2D eigenvalue weighted by Gasteiger charge is -2.18. The summed E-state index contributed by atoms with van der Waals surface area (Å²) >= 11 is 1.38. The second kappa shape index (κ2) is 5.16. The highest BCUT2D eigenvalue weighted by Crippen LogP contribution is 2.49. The zero-order valence-corrected chi connectivity index (χ0v) is 12.7. The van der Waals surface area contributed by atoms with E-state index in [0.717, 1.165) is 29.9 Å². The maximum Gasteiger partial charge on any atom is 0.350 e. The van der Waals surface area contributed by atoms with Gasteiger partial charge in [0.1, 0.15) is 15.6 Å². The number of nitrogen functional groups attached to an aromatic ring is 1. The topological polar surface area (TPSA) is 64.8 Å². The molecule has 110 valence electrons. The molecule has 2 aliphatic rings. The molecule has 1 aromatic heterocycles. The smallest absolute Gasteiger partial charge is 0.350 e. The van der Waals surface area contributed by atoms with E-state index in [1.807, 2.05) is 0 Å². The maximum absolute atomic E-state index is 11.8. The normalized spacial score (nSPS) is 24.8. The van der Waals surface area contributed by atoms with Crippen LogP contribution in [-0.2, 0) is 4.74 Å². The van der Waals surface area contributed by atoms with E-state index in [9.17, 15) is 4.79 Å². The summed E-state index contributed by atoms with van der Waals surface area (Å²) in [5.41, 5.74) is 6.43. The average Bonchev–Trinajstić information content (AvgIpc) is 3.09. The van der Waals surface area contributed by atoms with Gasteiger partial charge in [0.15, 0.2) is 5.75 Å². The van der Waals surface area contributed by atoms with Crippen molar-refractivity contribution in [3.05, 3.63) is 4.88 Å². The molecule has 2 fully saturated rings. The number of hydrogen-bond donors (Lipinski definition) is 1. The van der Waals surface area contributed by atoms with Crippen LogP contribution in [0.4, 0.5) is 10.7 Å². The van der Waals surface area contributed by atoms with Gasteiger partial charge in [-0.25, -0.2) is 4.79 Å². The molecule has 20 heavy (non-hydrogen) atoms. The van der Waals surface area contributed by atoms with E-state index >= 15 is 0 Å². The van der Waals surface area contributed by atoms with Gasteiger partial charge in [-0.3, -0.25) is 0 Å². The molecule has 0 radical (unpaired) electrons. The van der Waals surface area contributed by atoms with E-state index in [2.05, 4.69) is 4.90 Å². The number of ether oxygens (including phenoxy) is 2. The van der Waals surface area contributed by atoms with Crippen LogP contribution in [0.3, 0.4) is 0 Å². The summed E-state index contributed by atoms with van der Waals surface area (Å²) < 4.78 is 10.2. The monoisotopic (exact) mass is 296 g/mol. The fraction of sp³-hybridized carbons (Fsp3) is 0.643. The minimum absolute atomic E-state index is 0.392. The molecule has 1 saturated heterocycles. The van der Waals surface area contributed by atoms with Gasteiger partial charge in [0, 0.05) is 13.1 Å². The number of nitrogens with two attached hydrogens (primary N) is 1. The van der Waals surface area contributed by atoms with Crippen LogP contribution < -0.4 is 15.4 Å². The van der Waals surface area contributed by atoms with Gasteiger partial charge in [-0.15, -0.1) is 11.3 Å². The molecule has 6 heteroatoms. The molecule has 1 aromatic rings. The highest BCUT2D eigenvalue weighted by atomic mass is 32.1. The van der Waals surface area contributed by atoms with Crippen molar-refractivity contribution in [2.75, 3.05) is 37.9 Å². The summed E-state index contributed by atoms with van der Waals surface area (Å²) in [5, 5.41) is 0.972. The van der Waals surface area contributed by atoms with E-state index in [1.54, 1.807) is 7.11 Å². The van der Waals surface area contributed by atoms with Crippen LogP contribution >= 0.6 is 11.3 Å². The molecule has 2 heterocycles. The Morgan fingerprint density at radius 1 is 1.30 bits per heavy atom. The quantitative estimate of drug-likeness (QED) is 0.867. The third-order valence-corrected chi connectivity index (χ3v) is 5.70. The molecule has 5 nitrogen and oxygen atoms in total. The fourth-order valence-electron chi connectivity index (χ4n) is 3.47. The van der Waals surface area contributed by atoms with Gasteiger partial charge in [-0.05, 0) is 24.7 Å². The number of esters is 1. The Kier molecular flexibility index (Phi) is 3.50. The van der Waals surface area contributed by atoms with E-state index < -0.39 is 5.97 Å². The first-order valence-electron chi connectivity index (χ1n) is 6.95. The highest BCUT2D eigenvalue weighted by Gasteiger charge is 2.38. The molecule has 2 N–H and O–H groups in total. The molecule has 0 amide bonds. The van der Waals surface area contributed by atoms with E-state index in [1.165, 1.54) is 37.7 Å². The zero-order chi connectivity index (χ0) is 14.3. The van der Waals surface area contributed by atoms with Gasteiger partial charge in [0.2, 0.25) is 0 Å². The van der Waals surface area contributed by atoms with Gasteiger partial charge in [0.25, 0.3) is 0 Å². The fourth-order valence-corrected chi connectivity index (χ4v) is 4.59. The van der Waals surface area contributed by atoms with Crippen LogP contribution in [-0.4, -0.2) is 33.3 Å². The second-order valence-electron chi connectivity index (χ2n) is 5.53. The molecule has 1 aliphatic carbocycles. The molecule has 2 atom stereocenters. The number of carbonyl (C=O) groups is 1. The van der Waals surface area contributed by atoms with Crippen molar-refractivity contribution >= 4 is 28.0 Å². The molecule has 0 bridgehead atoms. The van der Waals surface area contributed by atoms with Crippen molar-refractivity contribution in [1.29, 1.82) is 0 Å². The third kappa shape index (κ3) is 2.02. The van der Waals surface area contributed by atoms with Gasteiger partial charge >= 0.3 is 5.97 Å². The van der Waals surface area contributed by atoms with Gasteiger partial charge in [-0.2, -0.15) is 0 Å². The molecule has 0 spiro atoms. The molecule has 0 aromatic carbocycles. The number of thiophene rings is 1. The molecular formula is C14H20N2O3S. The summed E-state index contributed by atoms with van der Waals surface area (Å²) in [5.74, 6) is 1.79. The summed E-state index contributed by atoms with van der Waals surface area (Å²) in [6.07, 6.45) is 3.97. The van der Waals surface area contributed by atoms with Crippen LogP contribution in [0, 0.1) is 11.8 Å². The first-order valence-corrected chi connectivity index (χ1v) is 7.76. The standard InChI is InChI=1S/C14H20N2O3S/c1-18-11-10(15)12(14(17)19-2)20-13(11)16-6-8-4-3-5-9(8)7-16/h8-9H,3-7,15H2,1-2H3. The minimum Gasteiger partial charge on any atom is -0.492 e. The van der Waals surface area contributed by atoms with Crippen LogP contribution in [0.15, 0.2) is 0 Å². The summed E-state index contributed by atoms with van der Waals surface area (Å²) in [6, 6.07) is 0. The second-order valence-corrected chi connectivity index (χ2v) is 6.53. The van der Waals surface area contributed by atoms with Gasteiger partial charge in [0.05, 0.1) is 14.2 Å². The number of rotatable bonds is 3. The van der Waals surface area contributed by atoms with E-state index in [0.29, 0.717) is 16.3 Å². The van der Waals surface area contributed by atoms with Crippen LogP contribution in [0.5, 0.6) is 5.75 Å². The summed E-state index contributed by atoms with van der Waals surface area (Å²) in [6.45, 7) is 2.09. The molecule has 1 saturated carbocycles. The number of nitrogens with zero attached hydrogens (tertiary/aromatic N) is 1. The number of hydrogen-bond acceptors (Lipinski definition) is 6. The van der Waals surface area contributed by atoms with Crippen LogP contribution in [0.2, 0.25) is 0 Å². The largest absolute Gasteiger partial charge is 0.492 e. The average molecular weight is 296 g/mol. The van der Waals surface area contributed by atoms with Crippen molar-refractivity contribution in [2.24, 2.45) is 11.8 Å². The molecule has 3 rings (SSSR count). The Morgan fingerprint density at radius 2 is 1.95 bits per heavy atom. The molecule has 1 aliphatic heterocycles. The lowest BCUT2D eigenvalue weighted by molar-refractivity contribution is 0.0607. The number of anilines is 2. The van der Waals surface area contributed by atoms with Crippen molar-refractivity contribution in [3.8, 4) is 5.75 Å². The van der Waals surface area contributed by atoms with Crippen molar-refractivity contribution in [2.45, 2.75) is 19.3 Å². The van der Waals surface area contributed by atoms with E-state index in [-0.39, 0.29) is 0 Å². The molecular weight excluding hydrogens is 276 g/mol. The predicted molar refractivity (Wildman–Crippen MR) is 79.7 cm³/mol. The lowest BCUT2D eigenvalue weighted by atomic mass is 10.0. The number of carbonyl (C=O) groups excluding carboxylic acids is 1. The van der Waals surface area contributed by atoms with Gasteiger partial charge < -0.3 is 20.1 Å². The van der Waals surface area contributed by atoms with Crippen LogP contribution in [0.25, 0.3) is 0 Å². The first kappa shape index (κ1) is 13.5. The lowest BCUT2D eigenvalue weighted by Crippen LogP contribution is -2.20.